The first-order chi connectivity index (χ1) is 13.9. The highest BCUT2D eigenvalue weighted by molar-refractivity contribution is 5.46. The molecule has 0 bridgehead atoms. The van der Waals surface area contributed by atoms with Gasteiger partial charge in [-0.3, -0.25) is 19.9 Å². The Balaban J connectivity index is 1.67. The zero-order valence-corrected chi connectivity index (χ0v) is 15.3. The number of pyridine rings is 4. The molecule has 28 heavy (non-hydrogen) atoms. The Morgan fingerprint density at radius 1 is 0.393 bits per heavy atom. The van der Waals surface area contributed by atoms with Crippen LogP contribution in [0.25, 0.3) is 0 Å². The Bertz CT molecular complexity index is 841. The number of rotatable bonds is 4. The summed E-state index contributed by atoms with van der Waals surface area (Å²) in [6, 6.07) is 17.0. The molecule has 0 spiro atoms. The molecule has 0 unspecified atom stereocenters. The van der Waals surface area contributed by atoms with Crippen LogP contribution >= 0.6 is 0 Å². The van der Waals surface area contributed by atoms with E-state index in [1.165, 1.54) is 22.3 Å². The van der Waals surface area contributed by atoms with E-state index in [1.54, 1.807) is 0 Å². The molecular weight excluding hydrogens is 344 g/mol. The van der Waals surface area contributed by atoms with Gasteiger partial charge in [0.2, 0.25) is 0 Å². The Hall–Kier alpha value is -3.40. The van der Waals surface area contributed by atoms with Gasteiger partial charge in [-0.2, -0.15) is 0 Å². The maximum Gasteiger partial charge on any atom is 0.0303 e. The van der Waals surface area contributed by atoms with E-state index in [0.29, 0.717) is 23.7 Å². The molecule has 4 aromatic rings. The Morgan fingerprint density at radius 2 is 0.786 bits per heavy atom. The zero-order valence-electron chi connectivity index (χ0n) is 15.3. The van der Waals surface area contributed by atoms with Crippen LogP contribution in [0.3, 0.4) is 0 Å². The highest BCUT2D eigenvalue weighted by atomic mass is 14.7. The van der Waals surface area contributed by atoms with Gasteiger partial charge in [0.25, 0.3) is 0 Å². The summed E-state index contributed by atoms with van der Waals surface area (Å²) in [5, 5.41) is 0. The minimum absolute atomic E-state index is 0.337. The molecule has 4 aromatic heterocycles. The van der Waals surface area contributed by atoms with Crippen molar-refractivity contribution in [3.05, 3.63) is 120 Å². The lowest BCUT2D eigenvalue weighted by atomic mass is 9.49. The minimum Gasteiger partial charge on any atom is -0.265 e. The van der Waals surface area contributed by atoms with Gasteiger partial charge in [0, 0.05) is 61.4 Å². The molecule has 0 atom stereocenters. The number of nitrogens with zero attached hydrogens (tertiary/aromatic N) is 4. The number of hydrogen-bond acceptors (Lipinski definition) is 4. The average Bonchev–Trinajstić information content (AvgIpc) is 2.76. The van der Waals surface area contributed by atoms with E-state index in [4.69, 9.17) is 0 Å². The topological polar surface area (TPSA) is 51.6 Å². The van der Waals surface area contributed by atoms with Crippen LogP contribution in [0.2, 0.25) is 0 Å². The van der Waals surface area contributed by atoms with Gasteiger partial charge in [-0.25, -0.2) is 0 Å². The van der Waals surface area contributed by atoms with Crippen molar-refractivity contribution in [2.75, 3.05) is 0 Å². The van der Waals surface area contributed by atoms with Crippen LogP contribution in [-0.2, 0) is 0 Å². The molecule has 0 N–H and O–H groups in total. The third kappa shape index (κ3) is 2.87. The summed E-state index contributed by atoms with van der Waals surface area (Å²) in [5.41, 5.74) is 5.16. The molecule has 4 heterocycles. The fourth-order valence-corrected chi connectivity index (χ4v) is 4.72. The fraction of sp³-hybridized carbons (Fsp3) is 0.167. The van der Waals surface area contributed by atoms with Crippen LogP contribution in [0, 0.1) is 0 Å². The molecule has 0 aliphatic heterocycles. The van der Waals surface area contributed by atoms with Crippen molar-refractivity contribution in [1.29, 1.82) is 0 Å². The standard InChI is InChI=1S/C24H20N4/c1-3-19(15-27-9-1)23-21(17-5-11-25-12-6-17)24(20-4-2-10-28-16-20)22(23)18-7-13-26-14-8-18/h1-16,21-24H. The van der Waals surface area contributed by atoms with Crippen LogP contribution in [0.15, 0.2) is 98.1 Å². The van der Waals surface area contributed by atoms with E-state index in [-0.39, 0.29) is 0 Å². The maximum atomic E-state index is 4.40. The predicted octanol–water partition coefficient (Wildman–Crippen LogP) is 4.72. The van der Waals surface area contributed by atoms with Gasteiger partial charge in [-0.05, 0) is 70.5 Å². The van der Waals surface area contributed by atoms with Crippen LogP contribution in [-0.4, -0.2) is 19.9 Å². The number of hydrogen-bond donors (Lipinski definition) is 0. The van der Waals surface area contributed by atoms with Crippen molar-refractivity contribution >= 4 is 0 Å². The summed E-state index contributed by atoms with van der Waals surface area (Å²) in [7, 11) is 0. The molecular formula is C24H20N4. The molecule has 1 saturated carbocycles. The zero-order chi connectivity index (χ0) is 18.8. The normalized spacial score (nSPS) is 23.7. The summed E-state index contributed by atoms with van der Waals surface area (Å²) in [6.45, 7) is 0. The quantitative estimate of drug-likeness (QED) is 0.526. The Morgan fingerprint density at radius 3 is 1.14 bits per heavy atom. The van der Waals surface area contributed by atoms with Crippen LogP contribution in [0.4, 0.5) is 0 Å². The molecule has 0 saturated heterocycles. The molecule has 0 aromatic carbocycles. The molecule has 0 amide bonds. The second-order valence-corrected chi connectivity index (χ2v) is 7.24. The van der Waals surface area contributed by atoms with Crippen molar-refractivity contribution < 1.29 is 0 Å². The highest BCUT2D eigenvalue weighted by Crippen LogP contribution is 2.66. The van der Waals surface area contributed by atoms with Crippen LogP contribution < -0.4 is 0 Å². The third-order valence-corrected chi connectivity index (χ3v) is 5.87. The molecule has 0 radical (unpaired) electrons. The lowest BCUT2D eigenvalue weighted by Gasteiger charge is -2.53. The van der Waals surface area contributed by atoms with Gasteiger partial charge < -0.3 is 0 Å². The minimum atomic E-state index is 0.337. The summed E-state index contributed by atoms with van der Waals surface area (Å²) in [6.07, 6.45) is 15.2. The molecule has 1 fully saturated rings. The Kier molecular flexibility index (Phi) is 4.37. The monoisotopic (exact) mass is 364 g/mol. The fourth-order valence-electron chi connectivity index (χ4n) is 4.72. The average molecular weight is 364 g/mol. The second-order valence-electron chi connectivity index (χ2n) is 7.24. The second kappa shape index (κ2) is 7.31. The first-order valence-electron chi connectivity index (χ1n) is 9.53. The van der Waals surface area contributed by atoms with Gasteiger partial charge in [-0.15, -0.1) is 0 Å². The summed E-state index contributed by atoms with van der Waals surface area (Å²) in [5.74, 6) is 1.36. The van der Waals surface area contributed by atoms with Crippen LogP contribution in [0.1, 0.15) is 45.9 Å². The van der Waals surface area contributed by atoms with Crippen molar-refractivity contribution in [2.45, 2.75) is 23.7 Å². The van der Waals surface area contributed by atoms with Crippen molar-refractivity contribution in [3.8, 4) is 0 Å². The molecule has 136 valence electrons. The van der Waals surface area contributed by atoms with Gasteiger partial charge in [0.05, 0.1) is 0 Å². The van der Waals surface area contributed by atoms with Crippen molar-refractivity contribution in [3.63, 3.8) is 0 Å². The van der Waals surface area contributed by atoms with E-state index >= 15 is 0 Å². The summed E-state index contributed by atoms with van der Waals surface area (Å²) in [4.78, 5) is 17.3. The van der Waals surface area contributed by atoms with Gasteiger partial charge in [0.1, 0.15) is 0 Å². The maximum absolute atomic E-state index is 4.40. The SMILES string of the molecule is c1cncc(C2C(c3ccncc3)C(c3cccnc3)C2c2ccncc2)c1. The van der Waals surface area contributed by atoms with Gasteiger partial charge >= 0.3 is 0 Å². The van der Waals surface area contributed by atoms with E-state index in [0.717, 1.165) is 0 Å². The Labute approximate surface area is 164 Å². The first-order valence-corrected chi connectivity index (χ1v) is 9.53. The van der Waals surface area contributed by atoms with E-state index in [2.05, 4.69) is 56.3 Å². The van der Waals surface area contributed by atoms with E-state index in [1.807, 2.05) is 61.7 Å². The largest absolute Gasteiger partial charge is 0.265 e. The molecule has 1 aliphatic rings. The summed E-state index contributed by atoms with van der Waals surface area (Å²) < 4.78 is 0. The molecule has 1 aliphatic carbocycles. The van der Waals surface area contributed by atoms with Crippen LogP contribution in [0.5, 0.6) is 0 Å². The van der Waals surface area contributed by atoms with Crippen molar-refractivity contribution in [1.82, 2.24) is 19.9 Å². The molecule has 4 nitrogen and oxygen atoms in total. The lowest BCUT2D eigenvalue weighted by Crippen LogP contribution is -2.40. The van der Waals surface area contributed by atoms with Gasteiger partial charge in [-0.1, -0.05) is 12.1 Å². The highest BCUT2D eigenvalue weighted by Gasteiger charge is 2.52. The third-order valence-electron chi connectivity index (χ3n) is 5.87. The molecule has 4 heteroatoms. The smallest absolute Gasteiger partial charge is 0.0303 e. The van der Waals surface area contributed by atoms with E-state index < -0.39 is 0 Å². The number of aromatic nitrogens is 4. The molecule has 5 rings (SSSR count). The predicted molar refractivity (Wildman–Crippen MR) is 108 cm³/mol. The first kappa shape index (κ1) is 16.8. The van der Waals surface area contributed by atoms with E-state index in [9.17, 15) is 0 Å². The summed E-state index contributed by atoms with van der Waals surface area (Å²) >= 11 is 0. The lowest BCUT2D eigenvalue weighted by molar-refractivity contribution is 0.228. The van der Waals surface area contributed by atoms with Crippen molar-refractivity contribution in [2.24, 2.45) is 0 Å². The van der Waals surface area contributed by atoms with Gasteiger partial charge in [0.15, 0.2) is 0 Å².